The maximum absolute atomic E-state index is 12.5. The van der Waals surface area contributed by atoms with Gasteiger partial charge in [-0.1, -0.05) is 13.0 Å². The van der Waals surface area contributed by atoms with Crippen molar-refractivity contribution in [2.75, 3.05) is 5.73 Å². The van der Waals surface area contributed by atoms with Crippen LogP contribution in [0.4, 0.5) is 5.82 Å². The highest BCUT2D eigenvalue weighted by molar-refractivity contribution is 6.00. The van der Waals surface area contributed by atoms with Crippen molar-refractivity contribution in [2.24, 2.45) is 0 Å². The van der Waals surface area contributed by atoms with Crippen molar-refractivity contribution in [3.8, 4) is 11.1 Å². The first-order valence-electron chi connectivity index (χ1n) is 10.9. The molecule has 3 aromatic heterocycles. The number of nitrogens with one attached hydrogen (secondary N) is 1. The van der Waals surface area contributed by atoms with Crippen molar-refractivity contribution in [3.63, 3.8) is 0 Å². The van der Waals surface area contributed by atoms with Gasteiger partial charge in [0.25, 0.3) is 0 Å². The number of aromatic nitrogens is 4. The summed E-state index contributed by atoms with van der Waals surface area (Å²) in [5.74, 6) is 0.433. The highest BCUT2D eigenvalue weighted by atomic mass is 16.1. The number of pyridine rings is 1. The molecule has 0 aromatic carbocycles. The number of nitrogens with two attached hydrogens (primary N) is 1. The molecule has 0 aliphatic carbocycles. The van der Waals surface area contributed by atoms with Crippen molar-refractivity contribution in [1.29, 1.82) is 0 Å². The van der Waals surface area contributed by atoms with Crippen LogP contribution in [0.25, 0.3) is 16.8 Å². The summed E-state index contributed by atoms with van der Waals surface area (Å²) in [7, 11) is 0. The first-order valence-corrected chi connectivity index (χ1v) is 10.9. The van der Waals surface area contributed by atoms with Gasteiger partial charge in [0.2, 0.25) is 0 Å². The third kappa shape index (κ3) is 3.31. The Morgan fingerprint density at radius 1 is 1.19 bits per heavy atom. The lowest BCUT2D eigenvalue weighted by Gasteiger charge is -2.30. The monoisotopic (exact) mass is 418 g/mol. The van der Waals surface area contributed by atoms with Crippen LogP contribution in [-0.4, -0.2) is 43.2 Å². The molecule has 2 bridgehead atoms. The van der Waals surface area contributed by atoms with E-state index < -0.39 is 0 Å². The number of hydrogen-bond donors (Lipinski definition) is 2. The summed E-state index contributed by atoms with van der Waals surface area (Å²) in [6.07, 6.45) is 8.02. The number of Topliss-reactive ketones (excluding diaryl/α,β-unsaturated/α-hetero) is 2. The number of hydrogen-bond acceptors (Lipinski definition) is 7. The average molecular weight is 419 g/mol. The number of ketones is 2. The molecule has 31 heavy (non-hydrogen) atoms. The normalized spacial score (nSPS) is 22.7. The van der Waals surface area contributed by atoms with E-state index in [0.717, 1.165) is 29.7 Å². The third-order valence-corrected chi connectivity index (χ3v) is 6.60. The number of nitrogens with zero attached hydrogens (tertiary/aromatic N) is 4. The van der Waals surface area contributed by atoms with E-state index in [9.17, 15) is 9.59 Å². The van der Waals surface area contributed by atoms with Crippen LogP contribution in [0.1, 0.15) is 78.4 Å². The Labute approximate surface area is 180 Å². The maximum atomic E-state index is 12.5. The molecule has 2 unspecified atom stereocenters. The van der Waals surface area contributed by atoms with E-state index in [1.54, 1.807) is 18.5 Å². The van der Waals surface area contributed by atoms with E-state index in [2.05, 4.69) is 15.4 Å². The number of rotatable bonds is 5. The van der Waals surface area contributed by atoms with Crippen molar-refractivity contribution in [2.45, 2.75) is 64.0 Å². The minimum atomic E-state index is -0.0890. The molecular weight excluding hydrogens is 392 g/mol. The summed E-state index contributed by atoms with van der Waals surface area (Å²) < 4.78 is 1.54. The summed E-state index contributed by atoms with van der Waals surface area (Å²) in [4.78, 5) is 33.7. The molecule has 0 spiro atoms. The minimum absolute atomic E-state index is 0.00251. The molecule has 2 saturated heterocycles. The molecule has 0 radical (unpaired) electrons. The summed E-state index contributed by atoms with van der Waals surface area (Å²) in [6.45, 7) is 3.35. The number of piperidine rings is 1. The quantitative estimate of drug-likeness (QED) is 0.612. The predicted octanol–water partition coefficient (Wildman–Crippen LogP) is 3.17. The van der Waals surface area contributed by atoms with Gasteiger partial charge >= 0.3 is 0 Å². The van der Waals surface area contributed by atoms with Gasteiger partial charge in [-0.05, 0) is 38.7 Å². The predicted molar refractivity (Wildman–Crippen MR) is 117 cm³/mol. The maximum Gasteiger partial charge on any atom is 0.180 e. The molecule has 3 aromatic rings. The Bertz CT molecular complexity index is 1170. The van der Waals surface area contributed by atoms with Crippen molar-refractivity contribution in [1.82, 2.24) is 24.9 Å². The van der Waals surface area contributed by atoms with Crippen molar-refractivity contribution < 1.29 is 9.59 Å². The highest BCUT2D eigenvalue weighted by Gasteiger charge is 2.37. The molecule has 2 aliphatic heterocycles. The second-order valence-electron chi connectivity index (χ2n) is 8.62. The Hall–Kier alpha value is -3.13. The van der Waals surface area contributed by atoms with Crippen LogP contribution < -0.4 is 11.1 Å². The first kappa shape index (κ1) is 19.8. The van der Waals surface area contributed by atoms with Gasteiger partial charge in [-0.15, -0.1) is 0 Å². The molecule has 2 aliphatic rings. The zero-order valence-electron chi connectivity index (χ0n) is 17.8. The van der Waals surface area contributed by atoms with Crippen molar-refractivity contribution >= 4 is 23.0 Å². The minimum Gasteiger partial charge on any atom is -0.383 e. The molecule has 160 valence electrons. The molecular formula is C23H26N6O2. The smallest absolute Gasteiger partial charge is 0.180 e. The molecule has 3 N–H and O–H groups in total. The number of nitrogen functional groups attached to an aromatic ring is 1. The molecule has 0 saturated carbocycles. The third-order valence-electron chi connectivity index (χ3n) is 6.60. The van der Waals surface area contributed by atoms with Gasteiger partial charge in [0, 0.05) is 41.7 Å². The molecule has 2 atom stereocenters. The highest BCUT2D eigenvalue weighted by Crippen LogP contribution is 2.39. The van der Waals surface area contributed by atoms with E-state index in [0.29, 0.717) is 41.2 Å². The Morgan fingerprint density at radius 3 is 2.55 bits per heavy atom. The van der Waals surface area contributed by atoms with Gasteiger partial charge in [-0.2, -0.15) is 9.61 Å². The fourth-order valence-electron chi connectivity index (χ4n) is 5.07. The van der Waals surface area contributed by atoms with Crippen LogP contribution in [0.15, 0.2) is 24.5 Å². The largest absolute Gasteiger partial charge is 0.383 e. The van der Waals surface area contributed by atoms with E-state index in [4.69, 9.17) is 10.7 Å². The van der Waals surface area contributed by atoms with Gasteiger partial charge < -0.3 is 11.1 Å². The summed E-state index contributed by atoms with van der Waals surface area (Å²) in [6, 6.07) is 4.53. The van der Waals surface area contributed by atoms with Crippen molar-refractivity contribution in [3.05, 3.63) is 41.5 Å². The van der Waals surface area contributed by atoms with Gasteiger partial charge in [-0.25, -0.2) is 4.98 Å². The topological polar surface area (TPSA) is 115 Å². The summed E-state index contributed by atoms with van der Waals surface area (Å²) in [5.41, 5.74) is 10.4. The van der Waals surface area contributed by atoms with Crippen LogP contribution in [-0.2, 0) is 0 Å². The molecule has 2 fully saturated rings. The van der Waals surface area contributed by atoms with Crippen LogP contribution in [0.3, 0.4) is 0 Å². The second kappa shape index (κ2) is 7.53. The zero-order valence-corrected chi connectivity index (χ0v) is 17.8. The fourth-order valence-corrected chi connectivity index (χ4v) is 5.07. The van der Waals surface area contributed by atoms with Crippen LogP contribution in [0.2, 0.25) is 0 Å². The average Bonchev–Trinajstić information content (AvgIpc) is 3.35. The Morgan fingerprint density at radius 2 is 1.94 bits per heavy atom. The SMILES string of the molecule is CCC(=O)c1ccc(-c2cnn3c(N)c(C(C)=O)c(C4CC5CCC(C4)N5)nc23)cn1. The van der Waals surface area contributed by atoms with Crippen LogP contribution in [0, 0.1) is 0 Å². The number of fused-ring (bicyclic) bond motifs is 3. The molecule has 5 rings (SSSR count). The van der Waals surface area contributed by atoms with E-state index >= 15 is 0 Å². The molecule has 8 heteroatoms. The van der Waals surface area contributed by atoms with Crippen LogP contribution in [0.5, 0.6) is 0 Å². The molecule has 8 nitrogen and oxygen atoms in total. The second-order valence-corrected chi connectivity index (χ2v) is 8.62. The lowest BCUT2D eigenvalue weighted by molar-refractivity contribution is 0.0981. The van der Waals surface area contributed by atoms with Gasteiger partial charge in [0.1, 0.15) is 11.5 Å². The van der Waals surface area contributed by atoms with Gasteiger partial charge in [0.05, 0.1) is 17.5 Å². The standard InChI is InChI=1S/C23H26N6O2/c1-3-19(31)18-7-4-13(10-25-18)17-11-26-29-22(24)20(12(2)30)21(28-23(17)29)14-8-15-5-6-16(9-14)27-15/h4,7,10-11,14-16,27H,3,5-6,8-9,24H2,1-2H3. The first-order chi connectivity index (χ1) is 15.0. The lowest BCUT2D eigenvalue weighted by atomic mass is 9.86. The van der Waals surface area contributed by atoms with Gasteiger partial charge in [0.15, 0.2) is 17.2 Å². The summed E-state index contributed by atoms with van der Waals surface area (Å²) >= 11 is 0. The van der Waals surface area contributed by atoms with E-state index in [-0.39, 0.29) is 17.5 Å². The summed E-state index contributed by atoms with van der Waals surface area (Å²) in [5, 5.41) is 8.05. The fraction of sp³-hybridized carbons (Fsp3) is 0.435. The molecule has 5 heterocycles. The van der Waals surface area contributed by atoms with E-state index in [1.165, 1.54) is 24.3 Å². The number of anilines is 1. The molecule has 0 amide bonds. The van der Waals surface area contributed by atoms with Crippen LogP contribution >= 0.6 is 0 Å². The zero-order chi connectivity index (χ0) is 21.7. The number of carbonyl (C=O) groups excluding carboxylic acids is 2. The Balaban J connectivity index is 1.63. The lowest BCUT2D eigenvalue weighted by Crippen LogP contribution is -2.38. The van der Waals surface area contributed by atoms with Gasteiger partial charge in [-0.3, -0.25) is 14.6 Å². The van der Waals surface area contributed by atoms with E-state index in [1.807, 2.05) is 13.0 Å². The Kier molecular flexibility index (Phi) is 4.81. The number of carbonyl (C=O) groups is 2.